The second-order valence-electron chi connectivity index (χ2n) is 8.10. The normalized spacial score (nSPS) is 19.7. The Morgan fingerprint density at radius 2 is 2.06 bits per heavy atom. The van der Waals surface area contributed by atoms with E-state index < -0.39 is 35.0 Å². The fourth-order valence-electron chi connectivity index (χ4n) is 4.13. The highest BCUT2D eigenvalue weighted by atomic mass is 19.4. The van der Waals surface area contributed by atoms with Crippen molar-refractivity contribution in [3.05, 3.63) is 83.3 Å². The molecule has 2 unspecified atom stereocenters. The van der Waals surface area contributed by atoms with Gasteiger partial charge in [-0.05, 0) is 49.3 Å². The van der Waals surface area contributed by atoms with E-state index in [2.05, 4.69) is 16.7 Å². The van der Waals surface area contributed by atoms with Gasteiger partial charge in [0.2, 0.25) is 0 Å². The van der Waals surface area contributed by atoms with Crippen LogP contribution in [-0.2, 0) is 15.7 Å². The average molecular weight is 492 g/mol. The SMILES string of the molecule is C=C/C(C(=O)O)=C(F)\C=C(/C)c1noc(C2=CCC(c3ccccc3C(F)(F)F)C(COC)C2)n1. The lowest BCUT2D eigenvalue weighted by atomic mass is 9.75. The van der Waals surface area contributed by atoms with Gasteiger partial charge in [-0.3, -0.25) is 0 Å². The van der Waals surface area contributed by atoms with Gasteiger partial charge in [0.1, 0.15) is 5.83 Å². The number of aliphatic carboxylic acids is 1. The number of hydrogen-bond donors (Lipinski definition) is 1. The molecule has 1 aromatic heterocycles. The summed E-state index contributed by atoms with van der Waals surface area (Å²) in [5.74, 6) is -2.97. The molecule has 6 nitrogen and oxygen atoms in total. The molecule has 0 bridgehead atoms. The van der Waals surface area contributed by atoms with Gasteiger partial charge < -0.3 is 14.4 Å². The fourth-order valence-corrected chi connectivity index (χ4v) is 4.13. The molecule has 2 aromatic rings. The van der Waals surface area contributed by atoms with Gasteiger partial charge in [-0.15, -0.1) is 0 Å². The summed E-state index contributed by atoms with van der Waals surface area (Å²) in [6.07, 6.45) is -0.211. The molecule has 2 atom stereocenters. The molecule has 0 radical (unpaired) electrons. The van der Waals surface area contributed by atoms with Crippen LogP contribution in [0.3, 0.4) is 0 Å². The van der Waals surface area contributed by atoms with Crippen LogP contribution in [0.25, 0.3) is 11.1 Å². The highest BCUT2D eigenvalue weighted by Gasteiger charge is 2.38. The molecule has 1 aromatic carbocycles. The third-order valence-corrected chi connectivity index (χ3v) is 5.80. The second kappa shape index (κ2) is 10.8. The van der Waals surface area contributed by atoms with Gasteiger partial charge in [-0.1, -0.05) is 42.1 Å². The summed E-state index contributed by atoms with van der Waals surface area (Å²) < 4.78 is 65.6. The third-order valence-electron chi connectivity index (χ3n) is 5.80. The summed E-state index contributed by atoms with van der Waals surface area (Å²) in [4.78, 5) is 15.3. The van der Waals surface area contributed by atoms with E-state index in [4.69, 9.17) is 14.4 Å². The summed E-state index contributed by atoms with van der Waals surface area (Å²) >= 11 is 0. The number of aromatic nitrogens is 2. The number of methoxy groups -OCH3 is 1. The molecule has 3 rings (SSSR count). The van der Waals surface area contributed by atoms with Gasteiger partial charge in [-0.25, -0.2) is 9.18 Å². The van der Waals surface area contributed by atoms with E-state index in [-0.39, 0.29) is 35.4 Å². The van der Waals surface area contributed by atoms with Crippen molar-refractivity contribution in [2.24, 2.45) is 5.92 Å². The second-order valence-corrected chi connectivity index (χ2v) is 8.10. The van der Waals surface area contributed by atoms with Crippen LogP contribution in [0.5, 0.6) is 0 Å². The van der Waals surface area contributed by atoms with Gasteiger partial charge in [0, 0.05) is 24.9 Å². The smallest absolute Gasteiger partial charge is 0.416 e. The summed E-state index contributed by atoms with van der Waals surface area (Å²) in [6, 6.07) is 5.52. The molecule has 1 aliphatic rings. The summed E-state index contributed by atoms with van der Waals surface area (Å²) in [7, 11) is 1.49. The van der Waals surface area contributed by atoms with Crippen LogP contribution in [0.1, 0.15) is 48.5 Å². The van der Waals surface area contributed by atoms with Crippen LogP contribution >= 0.6 is 0 Å². The first-order valence-corrected chi connectivity index (χ1v) is 10.7. The van der Waals surface area contributed by atoms with Crippen LogP contribution in [0.2, 0.25) is 0 Å². The van der Waals surface area contributed by atoms with Crippen molar-refractivity contribution < 1.29 is 36.7 Å². The number of hydrogen-bond acceptors (Lipinski definition) is 5. The Hall–Kier alpha value is -3.53. The monoisotopic (exact) mass is 492 g/mol. The standard InChI is InChI=1S/C25H24F4N2O4/c1-4-17(24(32)33)21(26)11-14(2)22-30-23(35-31-22)15-9-10-18(16(12-15)13-34-3)19-7-5-6-8-20(19)25(27,28)29/h4-9,11,16,18H,1,10,12-13H2,2-3H3,(H,32,33)/b14-11+,21-17-. The lowest BCUT2D eigenvalue weighted by Crippen LogP contribution is -2.24. The quantitative estimate of drug-likeness (QED) is 0.268. The molecule has 1 aliphatic carbocycles. The summed E-state index contributed by atoms with van der Waals surface area (Å²) in [5.41, 5.74) is -0.191. The van der Waals surface area contributed by atoms with Crippen molar-refractivity contribution in [1.82, 2.24) is 10.1 Å². The van der Waals surface area contributed by atoms with Crippen molar-refractivity contribution in [3.8, 4) is 0 Å². The number of carbonyl (C=O) groups is 1. The molecule has 1 heterocycles. The minimum absolute atomic E-state index is 0.0534. The first-order valence-electron chi connectivity index (χ1n) is 10.7. The molecule has 186 valence electrons. The predicted molar refractivity (Wildman–Crippen MR) is 121 cm³/mol. The molecule has 0 aliphatic heterocycles. The predicted octanol–water partition coefficient (Wildman–Crippen LogP) is 6.21. The third kappa shape index (κ3) is 5.94. The maximum atomic E-state index is 14.2. The summed E-state index contributed by atoms with van der Waals surface area (Å²) in [6.45, 7) is 5.00. The molecule has 0 saturated heterocycles. The number of rotatable bonds is 8. The Morgan fingerprint density at radius 3 is 2.69 bits per heavy atom. The van der Waals surface area contributed by atoms with E-state index in [0.717, 1.165) is 18.2 Å². The van der Waals surface area contributed by atoms with Crippen molar-refractivity contribution in [2.45, 2.75) is 31.9 Å². The Morgan fingerprint density at radius 1 is 1.34 bits per heavy atom. The van der Waals surface area contributed by atoms with Crippen molar-refractivity contribution in [3.63, 3.8) is 0 Å². The van der Waals surface area contributed by atoms with Gasteiger partial charge in [0.15, 0.2) is 5.82 Å². The zero-order valence-corrected chi connectivity index (χ0v) is 19.1. The molecule has 0 fully saturated rings. The number of ether oxygens (including phenoxy) is 1. The van der Waals surface area contributed by atoms with Gasteiger partial charge in [0.25, 0.3) is 5.89 Å². The lowest BCUT2D eigenvalue weighted by Gasteiger charge is -2.32. The maximum absolute atomic E-state index is 14.2. The van der Waals surface area contributed by atoms with Gasteiger partial charge >= 0.3 is 12.1 Å². The molecular weight excluding hydrogens is 468 g/mol. The van der Waals surface area contributed by atoms with Gasteiger partial charge in [0.05, 0.1) is 11.1 Å². The Bertz CT molecular complexity index is 1190. The highest BCUT2D eigenvalue weighted by molar-refractivity contribution is 5.91. The van der Waals surface area contributed by atoms with Crippen molar-refractivity contribution in [1.29, 1.82) is 0 Å². The van der Waals surface area contributed by atoms with E-state index in [0.29, 0.717) is 18.4 Å². The number of carboxylic acid groups (broad SMARTS) is 1. The highest BCUT2D eigenvalue weighted by Crippen LogP contribution is 2.44. The van der Waals surface area contributed by atoms with E-state index in [1.807, 2.05) is 0 Å². The zero-order chi connectivity index (χ0) is 25.8. The van der Waals surface area contributed by atoms with Crippen LogP contribution < -0.4 is 0 Å². The number of alkyl halides is 3. The Balaban J connectivity index is 1.90. The van der Waals surface area contributed by atoms with Gasteiger partial charge in [-0.2, -0.15) is 18.2 Å². The van der Waals surface area contributed by atoms with Crippen LogP contribution in [0, 0.1) is 5.92 Å². The molecule has 0 spiro atoms. The summed E-state index contributed by atoms with van der Waals surface area (Å²) in [5, 5.41) is 12.8. The van der Waals surface area contributed by atoms with E-state index in [9.17, 15) is 22.4 Å². The molecule has 35 heavy (non-hydrogen) atoms. The zero-order valence-electron chi connectivity index (χ0n) is 19.1. The largest absolute Gasteiger partial charge is 0.478 e. The number of carboxylic acids is 1. The maximum Gasteiger partial charge on any atom is 0.416 e. The van der Waals surface area contributed by atoms with E-state index >= 15 is 0 Å². The number of benzene rings is 1. The Labute approximate surface area is 199 Å². The number of nitrogens with zero attached hydrogens (tertiary/aromatic N) is 2. The minimum Gasteiger partial charge on any atom is -0.478 e. The average Bonchev–Trinajstić information content (AvgIpc) is 3.29. The fraction of sp³-hybridized carbons (Fsp3) is 0.320. The molecule has 0 saturated carbocycles. The first kappa shape index (κ1) is 26.1. The first-order chi connectivity index (χ1) is 16.6. The lowest BCUT2D eigenvalue weighted by molar-refractivity contribution is -0.138. The molecule has 1 N–H and O–H groups in total. The van der Waals surface area contributed by atoms with E-state index in [1.165, 1.54) is 26.2 Å². The van der Waals surface area contributed by atoms with Crippen LogP contribution in [0.15, 0.2) is 65.0 Å². The Kier molecular flexibility index (Phi) is 8.06. The molecule has 10 heteroatoms. The topological polar surface area (TPSA) is 85.5 Å². The van der Waals surface area contributed by atoms with Crippen molar-refractivity contribution in [2.75, 3.05) is 13.7 Å². The minimum atomic E-state index is -4.47. The number of allylic oxidation sites excluding steroid dienone is 5. The van der Waals surface area contributed by atoms with Crippen molar-refractivity contribution >= 4 is 17.1 Å². The molecular formula is C25H24F4N2O4. The van der Waals surface area contributed by atoms with E-state index in [1.54, 1.807) is 12.1 Å². The molecule has 0 amide bonds. The van der Waals surface area contributed by atoms with Crippen LogP contribution in [0.4, 0.5) is 17.6 Å². The van der Waals surface area contributed by atoms with Crippen LogP contribution in [-0.4, -0.2) is 34.9 Å². The number of halogens is 4.